The Morgan fingerprint density at radius 1 is 1.00 bits per heavy atom. The molecular formula is C23H30F2NO6PS3. The van der Waals surface area contributed by atoms with Crippen LogP contribution in [0.3, 0.4) is 0 Å². The number of nitrogens with one attached hydrogen (secondary N) is 1. The van der Waals surface area contributed by atoms with Gasteiger partial charge in [0.2, 0.25) is 0 Å². The summed E-state index contributed by atoms with van der Waals surface area (Å²) in [7, 11) is -3.58. The molecule has 200 valence electrons. The summed E-state index contributed by atoms with van der Waals surface area (Å²) in [5.74, 6) is -0.247. The quantitative estimate of drug-likeness (QED) is 0.184. The molecular weight excluding hydrogens is 551 g/mol. The Morgan fingerprint density at radius 3 is 2.06 bits per heavy atom. The van der Waals surface area contributed by atoms with E-state index in [2.05, 4.69) is 5.32 Å². The molecule has 1 amide bonds. The first kappa shape index (κ1) is 30.9. The van der Waals surface area contributed by atoms with Gasteiger partial charge in [0.1, 0.15) is 0 Å². The Morgan fingerprint density at radius 2 is 1.56 bits per heavy atom. The van der Waals surface area contributed by atoms with E-state index in [1.807, 2.05) is 13.8 Å². The van der Waals surface area contributed by atoms with Crippen LogP contribution in [0.5, 0.6) is 0 Å². The standard InChI is InChI=1S/C23H30F2NO6PS3/c1-4-6-20(27)34-12-10-31-33(30,32-11-13-35-21(28)7-5-2)23(24,25)17-8-9-18-16(14-17)15-19(36-18)22(29)26-3/h8-9,14-15H,4-7,10-13H2,1-3H3,(H,26,29). The number of thiophene rings is 1. The second-order valence-corrected chi connectivity index (χ2v) is 13.0. The van der Waals surface area contributed by atoms with Crippen LogP contribution in [0.15, 0.2) is 24.3 Å². The SMILES string of the molecule is CCCC(=O)SCCOP(=O)(OCCSC(=O)CCC)C(F)(F)c1ccc2sc(C(=O)NC)cc2c1. The maximum atomic E-state index is 15.6. The molecule has 2 aromatic rings. The second-order valence-electron chi connectivity index (χ2n) is 7.59. The van der Waals surface area contributed by atoms with Crippen LogP contribution in [0.4, 0.5) is 8.78 Å². The van der Waals surface area contributed by atoms with E-state index in [-0.39, 0.29) is 40.9 Å². The zero-order valence-electron chi connectivity index (χ0n) is 20.3. The Kier molecular flexibility index (Phi) is 12.5. The normalized spacial score (nSPS) is 12.1. The van der Waals surface area contributed by atoms with Gasteiger partial charge in [0.25, 0.3) is 5.91 Å². The summed E-state index contributed by atoms with van der Waals surface area (Å²) in [4.78, 5) is 35.7. The van der Waals surface area contributed by atoms with Crippen molar-refractivity contribution in [3.63, 3.8) is 0 Å². The number of alkyl halides is 2. The topological polar surface area (TPSA) is 98.8 Å². The molecule has 36 heavy (non-hydrogen) atoms. The number of halogens is 2. The van der Waals surface area contributed by atoms with Crippen LogP contribution in [0.1, 0.15) is 54.8 Å². The van der Waals surface area contributed by atoms with Crippen molar-refractivity contribution in [3.8, 4) is 0 Å². The fourth-order valence-electron chi connectivity index (χ4n) is 3.00. The van der Waals surface area contributed by atoms with Gasteiger partial charge in [-0.15, -0.1) is 11.3 Å². The summed E-state index contributed by atoms with van der Waals surface area (Å²) in [6, 6.07) is 5.21. The number of hydrogen-bond donors (Lipinski definition) is 1. The molecule has 0 saturated heterocycles. The van der Waals surface area contributed by atoms with Gasteiger partial charge in [-0.3, -0.25) is 18.9 Å². The van der Waals surface area contributed by atoms with E-state index in [1.165, 1.54) is 19.2 Å². The third kappa shape index (κ3) is 8.36. The molecule has 7 nitrogen and oxygen atoms in total. The first-order chi connectivity index (χ1) is 17.1. The summed E-state index contributed by atoms with van der Waals surface area (Å²) in [5, 5.41) is 2.67. The summed E-state index contributed by atoms with van der Waals surface area (Å²) >= 11 is 2.99. The van der Waals surface area contributed by atoms with E-state index in [0.717, 1.165) is 47.0 Å². The predicted molar refractivity (Wildman–Crippen MR) is 143 cm³/mol. The van der Waals surface area contributed by atoms with Gasteiger partial charge >= 0.3 is 13.3 Å². The minimum Gasteiger partial charge on any atom is -0.354 e. The lowest BCUT2D eigenvalue weighted by molar-refractivity contribution is -0.111. The summed E-state index contributed by atoms with van der Waals surface area (Å²) in [6.07, 6.45) is 2.01. The fraction of sp³-hybridized carbons (Fsp3) is 0.522. The molecule has 0 aliphatic heterocycles. The van der Waals surface area contributed by atoms with Crippen LogP contribution in [0.2, 0.25) is 0 Å². The Balaban J connectivity index is 2.23. The minimum absolute atomic E-state index is 0.0467. The van der Waals surface area contributed by atoms with E-state index in [0.29, 0.717) is 40.6 Å². The van der Waals surface area contributed by atoms with E-state index in [9.17, 15) is 18.9 Å². The molecule has 0 aliphatic carbocycles. The van der Waals surface area contributed by atoms with Gasteiger partial charge in [0, 0.05) is 41.7 Å². The number of benzene rings is 1. The Hall–Kier alpha value is -1.30. The maximum Gasteiger partial charge on any atom is 0.404 e. The fourth-order valence-corrected chi connectivity index (χ4v) is 7.24. The lowest BCUT2D eigenvalue weighted by atomic mass is 10.1. The molecule has 0 bridgehead atoms. The maximum absolute atomic E-state index is 15.6. The number of hydrogen-bond acceptors (Lipinski definition) is 9. The van der Waals surface area contributed by atoms with Crippen molar-refractivity contribution in [1.82, 2.24) is 5.32 Å². The highest BCUT2D eigenvalue weighted by molar-refractivity contribution is 8.13. The van der Waals surface area contributed by atoms with Gasteiger partial charge in [-0.25, -0.2) is 0 Å². The Bertz CT molecular complexity index is 1080. The van der Waals surface area contributed by atoms with Crippen LogP contribution in [0, 0.1) is 0 Å². The van der Waals surface area contributed by atoms with Crippen molar-refractivity contribution in [1.29, 1.82) is 0 Å². The van der Waals surface area contributed by atoms with Crippen molar-refractivity contribution in [2.45, 2.75) is 45.2 Å². The predicted octanol–water partition coefficient (Wildman–Crippen LogP) is 6.66. The van der Waals surface area contributed by atoms with Crippen molar-refractivity contribution < 1.29 is 36.8 Å². The molecule has 2 rings (SSSR count). The van der Waals surface area contributed by atoms with Gasteiger partial charge in [0.15, 0.2) is 10.2 Å². The van der Waals surface area contributed by atoms with Crippen LogP contribution >= 0.6 is 42.5 Å². The summed E-state index contributed by atoms with van der Waals surface area (Å²) in [5.41, 5.74) is -4.59. The van der Waals surface area contributed by atoms with Gasteiger partial charge in [0.05, 0.1) is 18.1 Å². The molecule has 0 fully saturated rings. The summed E-state index contributed by atoms with van der Waals surface area (Å²) < 4.78 is 55.6. The van der Waals surface area contributed by atoms with Crippen molar-refractivity contribution >= 4 is 68.7 Å². The van der Waals surface area contributed by atoms with Gasteiger partial charge < -0.3 is 14.4 Å². The molecule has 0 saturated carbocycles. The van der Waals surface area contributed by atoms with Crippen LogP contribution in [-0.2, 0) is 28.9 Å². The lowest BCUT2D eigenvalue weighted by Crippen LogP contribution is -2.20. The third-order valence-electron chi connectivity index (χ3n) is 4.78. The first-order valence-corrected chi connectivity index (χ1v) is 15.7. The van der Waals surface area contributed by atoms with Gasteiger partial charge in [-0.05, 0) is 36.4 Å². The van der Waals surface area contributed by atoms with E-state index in [1.54, 1.807) is 0 Å². The highest BCUT2D eigenvalue weighted by Crippen LogP contribution is 2.67. The third-order valence-corrected chi connectivity index (χ3v) is 9.68. The van der Waals surface area contributed by atoms with E-state index < -0.39 is 18.8 Å². The van der Waals surface area contributed by atoms with Crippen molar-refractivity contribution in [2.24, 2.45) is 0 Å². The number of carbonyl (C=O) groups is 3. The summed E-state index contributed by atoms with van der Waals surface area (Å²) in [6.45, 7) is 2.94. The van der Waals surface area contributed by atoms with Crippen LogP contribution < -0.4 is 5.32 Å². The molecule has 1 N–H and O–H groups in total. The zero-order valence-corrected chi connectivity index (χ0v) is 23.7. The van der Waals surface area contributed by atoms with E-state index >= 15 is 8.78 Å². The average molecular weight is 582 g/mol. The van der Waals surface area contributed by atoms with E-state index in [4.69, 9.17) is 9.05 Å². The molecule has 0 unspecified atom stereocenters. The highest BCUT2D eigenvalue weighted by atomic mass is 32.2. The molecule has 0 atom stereocenters. The molecule has 13 heteroatoms. The molecule has 1 aromatic carbocycles. The number of amides is 1. The van der Waals surface area contributed by atoms with Crippen LogP contribution in [0.25, 0.3) is 10.1 Å². The molecule has 1 aromatic heterocycles. The number of fused-ring (bicyclic) bond motifs is 1. The molecule has 0 radical (unpaired) electrons. The van der Waals surface area contributed by atoms with Crippen LogP contribution in [-0.4, -0.2) is 47.9 Å². The number of thioether (sulfide) groups is 2. The Labute approximate surface area is 222 Å². The zero-order chi connectivity index (χ0) is 26.8. The van der Waals surface area contributed by atoms with Gasteiger partial charge in [-0.2, -0.15) is 8.78 Å². The minimum atomic E-state index is -5.05. The van der Waals surface area contributed by atoms with Crippen molar-refractivity contribution in [2.75, 3.05) is 31.8 Å². The largest absolute Gasteiger partial charge is 0.404 e. The molecule has 0 aliphatic rings. The first-order valence-electron chi connectivity index (χ1n) is 11.4. The number of carbonyl (C=O) groups excluding carboxylic acids is 3. The molecule has 0 spiro atoms. The van der Waals surface area contributed by atoms with Crippen molar-refractivity contribution in [3.05, 3.63) is 34.7 Å². The monoisotopic (exact) mass is 581 g/mol. The second kappa shape index (κ2) is 14.6. The smallest absolute Gasteiger partial charge is 0.354 e. The lowest BCUT2D eigenvalue weighted by Gasteiger charge is -2.26. The highest BCUT2D eigenvalue weighted by Gasteiger charge is 2.55. The molecule has 1 heterocycles. The number of rotatable bonds is 15. The average Bonchev–Trinajstić information content (AvgIpc) is 3.28. The van der Waals surface area contributed by atoms with Gasteiger partial charge in [-0.1, -0.05) is 43.4 Å².